The molecule has 0 bridgehead atoms. The average molecular weight is 274 g/mol. The average Bonchev–Trinajstić information content (AvgIpc) is 2.76. The molecule has 2 heterocycles. The van der Waals surface area contributed by atoms with Crippen LogP contribution in [0.5, 0.6) is 0 Å². The summed E-state index contributed by atoms with van der Waals surface area (Å²) < 4.78 is 31.9. The Morgan fingerprint density at radius 3 is 2.94 bits per heavy atom. The number of aromatic nitrogens is 2. The molecule has 0 aliphatic carbocycles. The Balaban J connectivity index is 2.31. The van der Waals surface area contributed by atoms with Gasteiger partial charge in [0.1, 0.15) is 4.90 Å². The van der Waals surface area contributed by atoms with E-state index < -0.39 is 10.0 Å². The van der Waals surface area contributed by atoms with Crippen LogP contribution in [0.4, 0.5) is 0 Å². The lowest BCUT2D eigenvalue weighted by molar-refractivity contribution is -0.0219. The summed E-state index contributed by atoms with van der Waals surface area (Å²) in [6.07, 6.45) is 1.09. The molecule has 1 aromatic heterocycles. The van der Waals surface area contributed by atoms with Crippen LogP contribution >= 0.6 is 0 Å². The minimum atomic E-state index is -3.54. The summed E-state index contributed by atoms with van der Waals surface area (Å²) in [5.74, 6) is 0. The first-order chi connectivity index (χ1) is 8.46. The third-order valence-corrected chi connectivity index (χ3v) is 5.18. The Bertz CT molecular complexity index is 513. The molecule has 0 aromatic carbocycles. The van der Waals surface area contributed by atoms with Gasteiger partial charge >= 0.3 is 0 Å². The fraction of sp³-hybridized carbons (Fsp3) is 0.700. The van der Waals surface area contributed by atoms with E-state index >= 15 is 0 Å². The normalized spacial score (nSPS) is 26.4. The molecule has 2 rings (SSSR count). The number of morpholine rings is 1. The lowest BCUT2D eigenvalue weighted by Crippen LogP contribution is -2.52. The van der Waals surface area contributed by atoms with Crippen molar-refractivity contribution in [1.82, 2.24) is 14.5 Å². The van der Waals surface area contributed by atoms with Gasteiger partial charge in [0.25, 0.3) is 0 Å². The molecule has 2 atom stereocenters. The smallest absolute Gasteiger partial charge is 0.246 e. The van der Waals surface area contributed by atoms with E-state index in [4.69, 9.17) is 10.5 Å². The minimum Gasteiger partial charge on any atom is -0.374 e. The molecular weight excluding hydrogens is 256 g/mol. The van der Waals surface area contributed by atoms with Gasteiger partial charge < -0.3 is 10.5 Å². The highest BCUT2D eigenvalue weighted by atomic mass is 32.2. The van der Waals surface area contributed by atoms with Gasteiger partial charge in [-0.05, 0) is 13.8 Å². The van der Waals surface area contributed by atoms with Crippen molar-refractivity contribution in [2.24, 2.45) is 5.73 Å². The topological polar surface area (TPSA) is 101 Å². The van der Waals surface area contributed by atoms with Crippen molar-refractivity contribution in [2.45, 2.75) is 30.9 Å². The van der Waals surface area contributed by atoms with Crippen LogP contribution in [0.15, 0.2) is 11.1 Å². The van der Waals surface area contributed by atoms with Crippen LogP contribution in [-0.2, 0) is 14.8 Å². The molecule has 1 aliphatic rings. The Hall–Kier alpha value is -0.960. The number of nitrogens with one attached hydrogen (secondary N) is 1. The predicted molar refractivity (Wildman–Crippen MR) is 65.5 cm³/mol. The third kappa shape index (κ3) is 2.28. The molecule has 7 nitrogen and oxygen atoms in total. The Labute approximate surface area is 106 Å². The Morgan fingerprint density at radius 1 is 1.67 bits per heavy atom. The van der Waals surface area contributed by atoms with Gasteiger partial charge in [-0.25, -0.2) is 8.42 Å². The Kier molecular flexibility index (Phi) is 3.71. The zero-order valence-electron chi connectivity index (χ0n) is 10.5. The molecule has 3 N–H and O–H groups in total. The van der Waals surface area contributed by atoms with Crippen LogP contribution in [0.1, 0.15) is 12.6 Å². The molecule has 1 aliphatic heterocycles. The highest BCUT2D eigenvalue weighted by Gasteiger charge is 2.36. The highest BCUT2D eigenvalue weighted by molar-refractivity contribution is 7.89. The molecule has 0 amide bonds. The Morgan fingerprint density at radius 2 is 2.39 bits per heavy atom. The number of aromatic amines is 1. The SMILES string of the molecule is Cc1[nH]ncc1S(=O)(=O)N1CC(CN)OCC1C. The third-order valence-electron chi connectivity index (χ3n) is 3.08. The molecule has 18 heavy (non-hydrogen) atoms. The monoisotopic (exact) mass is 274 g/mol. The van der Waals surface area contributed by atoms with Crippen molar-refractivity contribution in [2.75, 3.05) is 19.7 Å². The van der Waals surface area contributed by atoms with E-state index in [0.717, 1.165) is 0 Å². The molecule has 0 spiro atoms. The molecule has 2 unspecified atom stereocenters. The van der Waals surface area contributed by atoms with Crippen molar-refractivity contribution >= 4 is 10.0 Å². The van der Waals surface area contributed by atoms with Gasteiger partial charge in [-0.1, -0.05) is 0 Å². The first kappa shape index (κ1) is 13.5. The molecular formula is C10H18N4O3S. The number of ether oxygens (including phenoxy) is 1. The van der Waals surface area contributed by atoms with Gasteiger partial charge in [-0.2, -0.15) is 9.40 Å². The summed E-state index contributed by atoms with van der Waals surface area (Å²) in [5.41, 5.74) is 6.08. The van der Waals surface area contributed by atoms with Gasteiger partial charge in [0.15, 0.2) is 0 Å². The number of nitrogens with zero attached hydrogens (tertiary/aromatic N) is 2. The van der Waals surface area contributed by atoms with Crippen molar-refractivity contribution in [3.8, 4) is 0 Å². The molecule has 1 fully saturated rings. The molecule has 1 aromatic rings. The van der Waals surface area contributed by atoms with E-state index in [0.29, 0.717) is 18.8 Å². The summed E-state index contributed by atoms with van der Waals surface area (Å²) in [6.45, 7) is 4.46. The van der Waals surface area contributed by atoms with E-state index in [1.165, 1.54) is 10.5 Å². The largest absolute Gasteiger partial charge is 0.374 e. The molecule has 0 saturated carbocycles. The number of rotatable bonds is 3. The first-order valence-electron chi connectivity index (χ1n) is 5.80. The summed E-state index contributed by atoms with van der Waals surface area (Å²) in [6, 6.07) is -0.202. The number of H-pyrrole nitrogens is 1. The second-order valence-corrected chi connectivity index (χ2v) is 6.33. The molecule has 0 radical (unpaired) electrons. The zero-order valence-corrected chi connectivity index (χ0v) is 11.3. The van der Waals surface area contributed by atoms with Crippen LogP contribution in [0.25, 0.3) is 0 Å². The van der Waals surface area contributed by atoms with E-state index in [9.17, 15) is 8.42 Å². The van der Waals surface area contributed by atoms with E-state index in [-0.39, 0.29) is 23.6 Å². The molecule has 102 valence electrons. The van der Waals surface area contributed by atoms with Crippen molar-refractivity contribution in [1.29, 1.82) is 0 Å². The second kappa shape index (κ2) is 4.96. The number of nitrogens with two attached hydrogens (primary N) is 1. The first-order valence-corrected chi connectivity index (χ1v) is 7.24. The van der Waals surface area contributed by atoms with Crippen LogP contribution < -0.4 is 5.73 Å². The van der Waals surface area contributed by atoms with E-state index in [1.807, 2.05) is 6.92 Å². The van der Waals surface area contributed by atoms with Crippen LogP contribution in [0.3, 0.4) is 0 Å². The predicted octanol–water partition coefficient (Wildman–Crippen LogP) is -0.545. The van der Waals surface area contributed by atoms with E-state index in [1.54, 1.807) is 6.92 Å². The number of hydrogen-bond donors (Lipinski definition) is 2. The maximum absolute atomic E-state index is 12.5. The van der Waals surface area contributed by atoms with E-state index in [2.05, 4.69) is 10.2 Å². The lowest BCUT2D eigenvalue weighted by Gasteiger charge is -2.36. The van der Waals surface area contributed by atoms with Crippen LogP contribution in [0.2, 0.25) is 0 Å². The summed E-state index contributed by atoms with van der Waals surface area (Å²) in [4.78, 5) is 0.215. The molecule has 8 heteroatoms. The standard InChI is InChI=1S/C10H18N4O3S/c1-7-6-17-9(3-11)5-14(7)18(15,16)10-4-12-13-8(10)2/h4,7,9H,3,5-6,11H2,1-2H3,(H,12,13). The van der Waals surface area contributed by atoms with Crippen LogP contribution in [0, 0.1) is 6.92 Å². The summed E-state index contributed by atoms with van der Waals surface area (Å²) in [5, 5.41) is 6.40. The maximum atomic E-state index is 12.5. The number of sulfonamides is 1. The summed E-state index contributed by atoms with van der Waals surface area (Å²) in [7, 11) is -3.54. The highest BCUT2D eigenvalue weighted by Crippen LogP contribution is 2.23. The zero-order chi connectivity index (χ0) is 13.3. The van der Waals surface area contributed by atoms with Gasteiger partial charge in [-0.15, -0.1) is 0 Å². The number of aryl methyl sites for hydroxylation is 1. The van der Waals surface area contributed by atoms with Crippen LogP contribution in [-0.4, -0.2) is 54.8 Å². The second-order valence-electron chi connectivity index (χ2n) is 4.47. The van der Waals surface area contributed by atoms with Crippen molar-refractivity contribution < 1.29 is 13.2 Å². The van der Waals surface area contributed by atoms with Crippen molar-refractivity contribution in [3.63, 3.8) is 0 Å². The summed E-state index contributed by atoms with van der Waals surface area (Å²) >= 11 is 0. The van der Waals surface area contributed by atoms with Gasteiger partial charge in [-0.3, -0.25) is 5.10 Å². The van der Waals surface area contributed by atoms with Crippen molar-refractivity contribution in [3.05, 3.63) is 11.9 Å². The minimum absolute atomic E-state index is 0.202. The number of hydrogen-bond acceptors (Lipinski definition) is 5. The lowest BCUT2D eigenvalue weighted by atomic mass is 10.2. The van der Waals surface area contributed by atoms with Gasteiger partial charge in [0, 0.05) is 19.1 Å². The maximum Gasteiger partial charge on any atom is 0.246 e. The molecule has 1 saturated heterocycles. The van der Waals surface area contributed by atoms with Gasteiger partial charge in [0.05, 0.1) is 24.6 Å². The fourth-order valence-corrected chi connectivity index (χ4v) is 3.76. The van der Waals surface area contributed by atoms with Gasteiger partial charge in [0.2, 0.25) is 10.0 Å². The fourth-order valence-electron chi connectivity index (χ4n) is 2.00. The quantitative estimate of drug-likeness (QED) is 0.770.